The Morgan fingerprint density at radius 1 is 1.29 bits per heavy atom. The summed E-state index contributed by atoms with van der Waals surface area (Å²) in [6, 6.07) is 7.64. The van der Waals surface area contributed by atoms with E-state index in [-0.39, 0.29) is 0 Å². The lowest BCUT2D eigenvalue weighted by molar-refractivity contribution is 0.415. The third-order valence-electron chi connectivity index (χ3n) is 2.11. The van der Waals surface area contributed by atoms with Crippen molar-refractivity contribution in [1.82, 2.24) is 4.98 Å². The quantitative estimate of drug-likeness (QED) is 0.666. The maximum Gasteiger partial charge on any atom is 0.119 e. The Kier molecular flexibility index (Phi) is 2.25. The summed E-state index contributed by atoms with van der Waals surface area (Å²) >= 11 is 5.25. The van der Waals surface area contributed by atoms with Crippen LogP contribution in [0.1, 0.15) is 5.69 Å². The molecule has 0 saturated heterocycles. The Bertz CT molecular complexity index is 482. The Labute approximate surface area is 88.3 Å². The van der Waals surface area contributed by atoms with Crippen LogP contribution in [0.5, 0.6) is 5.75 Å². The number of hydrogen-bond donors (Lipinski definition) is 0. The Balaban J connectivity index is 2.75. The fraction of sp³-hybridized carbons (Fsp3) is 0.182. The zero-order valence-corrected chi connectivity index (χ0v) is 8.89. The van der Waals surface area contributed by atoms with Crippen LogP contribution >= 0.6 is 0 Å². The molecule has 0 unspecified atom stereocenters. The Morgan fingerprint density at radius 2 is 2.07 bits per heavy atom. The molecule has 3 heteroatoms. The van der Waals surface area contributed by atoms with Crippen molar-refractivity contribution in [3.63, 3.8) is 0 Å². The van der Waals surface area contributed by atoms with Crippen molar-refractivity contribution in [2.24, 2.45) is 0 Å². The van der Waals surface area contributed by atoms with Gasteiger partial charge in [0.25, 0.3) is 0 Å². The lowest BCUT2D eigenvalue weighted by Gasteiger charge is -2.12. The summed E-state index contributed by atoms with van der Waals surface area (Å²) in [5.41, 5.74) is 1.88. The van der Waals surface area contributed by atoms with E-state index in [1.807, 2.05) is 31.2 Å². The van der Waals surface area contributed by atoms with Gasteiger partial charge in [-0.05, 0) is 30.5 Å². The molecule has 2 aromatic rings. The molecule has 1 aromatic heterocycles. The van der Waals surface area contributed by atoms with E-state index in [2.05, 4.69) is 4.98 Å². The van der Waals surface area contributed by atoms with Gasteiger partial charge in [0.1, 0.15) is 5.75 Å². The first-order valence-electron chi connectivity index (χ1n) is 4.33. The van der Waals surface area contributed by atoms with Crippen LogP contribution in [-0.4, -0.2) is 12.1 Å². The largest absolute Gasteiger partial charge is 0.779 e. The molecule has 0 aliphatic heterocycles. The van der Waals surface area contributed by atoms with Gasteiger partial charge in [0.2, 0.25) is 0 Å². The molecule has 0 atom stereocenters. The number of aryl methyl sites for hydroxylation is 1. The second-order valence-electron chi connectivity index (χ2n) is 3.14. The van der Waals surface area contributed by atoms with E-state index in [0.29, 0.717) is 0 Å². The lowest BCUT2D eigenvalue weighted by atomic mass is 10.2. The van der Waals surface area contributed by atoms with Crippen LogP contribution in [0.25, 0.3) is 10.9 Å². The molecule has 0 spiro atoms. The molecule has 0 aliphatic rings. The molecule has 0 amide bonds. The fourth-order valence-electron chi connectivity index (χ4n) is 1.43. The summed E-state index contributed by atoms with van der Waals surface area (Å²) in [6.45, 7) is 1.94. The Hall–Kier alpha value is -1.35. The van der Waals surface area contributed by atoms with Gasteiger partial charge in [0.15, 0.2) is 0 Å². The average molecular weight is 204 g/mol. The molecule has 72 valence electrons. The molecule has 0 bridgehead atoms. The van der Waals surface area contributed by atoms with E-state index in [1.165, 1.54) is 0 Å². The third kappa shape index (κ3) is 1.51. The van der Waals surface area contributed by atoms with Crippen LogP contribution < -0.4 is 4.74 Å². The van der Waals surface area contributed by atoms with Gasteiger partial charge >= 0.3 is 0 Å². The topological polar surface area (TPSA) is 22.1 Å². The molecule has 0 saturated carbocycles. The van der Waals surface area contributed by atoms with Gasteiger partial charge in [-0.25, -0.2) is 0 Å². The first-order chi connectivity index (χ1) is 6.70. The molecule has 1 heterocycles. The SMILES string of the molecule is COc1ccc2nc(C)cc([S-])c2c1. The number of rotatable bonds is 1. The molecule has 0 fully saturated rings. The molecule has 2 rings (SSSR count). The monoisotopic (exact) mass is 204 g/mol. The van der Waals surface area contributed by atoms with E-state index >= 15 is 0 Å². The van der Waals surface area contributed by atoms with Crippen LogP contribution in [0.4, 0.5) is 0 Å². The second-order valence-corrected chi connectivity index (χ2v) is 3.58. The highest BCUT2D eigenvalue weighted by Gasteiger charge is 1.98. The minimum atomic E-state index is 0.814. The van der Waals surface area contributed by atoms with Crippen molar-refractivity contribution < 1.29 is 4.74 Å². The van der Waals surface area contributed by atoms with E-state index < -0.39 is 0 Å². The van der Waals surface area contributed by atoms with Crippen LogP contribution in [0.2, 0.25) is 0 Å². The molecule has 0 radical (unpaired) electrons. The number of pyridine rings is 1. The predicted molar refractivity (Wildman–Crippen MR) is 58.7 cm³/mol. The van der Waals surface area contributed by atoms with Gasteiger partial charge < -0.3 is 17.4 Å². The lowest BCUT2D eigenvalue weighted by Crippen LogP contribution is -1.88. The van der Waals surface area contributed by atoms with Crippen LogP contribution in [-0.2, 0) is 12.6 Å². The van der Waals surface area contributed by atoms with Crippen LogP contribution in [0.3, 0.4) is 0 Å². The van der Waals surface area contributed by atoms with Crippen molar-refractivity contribution in [1.29, 1.82) is 0 Å². The smallest absolute Gasteiger partial charge is 0.119 e. The van der Waals surface area contributed by atoms with Crippen molar-refractivity contribution in [2.45, 2.75) is 11.8 Å². The predicted octanol–water partition coefficient (Wildman–Crippen LogP) is 2.46. The molecule has 1 aromatic carbocycles. The highest BCUT2D eigenvalue weighted by atomic mass is 32.1. The van der Waals surface area contributed by atoms with Gasteiger partial charge in [0.05, 0.1) is 12.6 Å². The Morgan fingerprint density at radius 3 is 2.79 bits per heavy atom. The number of methoxy groups -OCH3 is 1. The van der Waals surface area contributed by atoms with E-state index in [9.17, 15) is 0 Å². The third-order valence-corrected chi connectivity index (χ3v) is 2.44. The number of aromatic nitrogens is 1. The summed E-state index contributed by atoms with van der Waals surface area (Å²) in [5, 5.41) is 0.977. The van der Waals surface area contributed by atoms with E-state index in [1.54, 1.807) is 7.11 Å². The molecule has 0 aliphatic carbocycles. The van der Waals surface area contributed by atoms with Crippen molar-refractivity contribution >= 4 is 23.5 Å². The van der Waals surface area contributed by atoms with Gasteiger partial charge in [-0.2, -0.15) is 4.90 Å². The molecule has 14 heavy (non-hydrogen) atoms. The van der Waals surface area contributed by atoms with Gasteiger partial charge in [0, 0.05) is 5.69 Å². The maximum atomic E-state index is 5.25. The number of ether oxygens (including phenoxy) is 1. The summed E-state index contributed by atoms with van der Waals surface area (Å²) in [7, 11) is 1.64. The minimum Gasteiger partial charge on any atom is -0.779 e. The molecular weight excluding hydrogens is 194 g/mol. The second kappa shape index (κ2) is 3.42. The van der Waals surface area contributed by atoms with Crippen molar-refractivity contribution in [3.8, 4) is 5.75 Å². The first kappa shape index (κ1) is 9.21. The van der Waals surface area contributed by atoms with Crippen molar-refractivity contribution in [3.05, 3.63) is 30.0 Å². The number of benzene rings is 1. The van der Waals surface area contributed by atoms with Gasteiger partial charge in [-0.1, -0.05) is 6.07 Å². The standard InChI is InChI=1S/C11H11NOS/c1-7-5-11(14)9-6-8(13-2)3-4-10(9)12-7/h3-6H,1-2H3,(H,12,14)/p-1. The fourth-order valence-corrected chi connectivity index (χ4v) is 1.76. The average Bonchev–Trinajstić information content (AvgIpc) is 2.17. The van der Waals surface area contributed by atoms with Gasteiger partial charge in [-0.15, -0.1) is 0 Å². The summed E-state index contributed by atoms with van der Waals surface area (Å²) in [6.07, 6.45) is 0. The number of hydrogen-bond acceptors (Lipinski definition) is 3. The van der Waals surface area contributed by atoms with E-state index in [0.717, 1.165) is 27.2 Å². The summed E-state index contributed by atoms with van der Waals surface area (Å²) < 4.78 is 5.13. The highest BCUT2D eigenvalue weighted by Crippen LogP contribution is 2.23. The highest BCUT2D eigenvalue weighted by molar-refractivity contribution is 7.59. The summed E-state index contributed by atoms with van der Waals surface area (Å²) in [4.78, 5) is 5.22. The first-order valence-corrected chi connectivity index (χ1v) is 4.74. The normalized spacial score (nSPS) is 10.4. The number of fused-ring (bicyclic) bond motifs is 1. The van der Waals surface area contributed by atoms with E-state index in [4.69, 9.17) is 17.4 Å². The zero-order chi connectivity index (χ0) is 10.1. The zero-order valence-electron chi connectivity index (χ0n) is 8.07. The molecular formula is C11H10NOS-. The maximum absolute atomic E-state index is 5.25. The minimum absolute atomic E-state index is 0.814. The van der Waals surface area contributed by atoms with Crippen LogP contribution in [0, 0.1) is 6.92 Å². The molecule has 0 N–H and O–H groups in total. The number of nitrogens with zero attached hydrogens (tertiary/aromatic N) is 1. The van der Waals surface area contributed by atoms with Gasteiger partial charge in [-0.3, -0.25) is 4.98 Å². The van der Waals surface area contributed by atoms with Crippen molar-refractivity contribution in [2.75, 3.05) is 7.11 Å². The summed E-state index contributed by atoms with van der Waals surface area (Å²) in [5.74, 6) is 0.814. The van der Waals surface area contributed by atoms with Crippen LogP contribution in [0.15, 0.2) is 29.2 Å². The molecule has 2 nitrogen and oxygen atoms in total.